The average molecular weight is 363 g/mol. The van der Waals surface area contributed by atoms with E-state index in [0.717, 1.165) is 0 Å². The summed E-state index contributed by atoms with van der Waals surface area (Å²) in [5.74, 6) is 1.20. The van der Waals surface area contributed by atoms with Crippen molar-refractivity contribution < 1.29 is 0 Å². The Morgan fingerprint density at radius 3 is 1.19 bits per heavy atom. The minimum Gasteiger partial charge on any atom is -0.305 e. The SMILES string of the molecule is CCC1(C)CC(=C2CC(C)(CC)NC(C)(CC)C2C)C(C)C(C)(CC)N1. The molecule has 0 aromatic rings. The van der Waals surface area contributed by atoms with E-state index in [1.54, 1.807) is 11.1 Å². The molecule has 2 heterocycles. The van der Waals surface area contributed by atoms with Gasteiger partial charge in [-0.15, -0.1) is 0 Å². The standard InChI is InChI=1S/C24H46N2/c1-11-21(7)15-19(17(5)23(9,13-3)25-21)20-16-22(8,12-2)26-24(10,14-4)18(20)6/h17-18,25-26H,11-16H2,1-10H3. The molecule has 2 saturated heterocycles. The Hall–Kier alpha value is -0.340. The summed E-state index contributed by atoms with van der Waals surface area (Å²) in [6.07, 6.45) is 7.16. The Balaban J connectivity index is 2.62. The third kappa shape index (κ3) is 3.65. The van der Waals surface area contributed by atoms with Crippen LogP contribution in [-0.2, 0) is 0 Å². The molecule has 2 heteroatoms. The van der Waals surface area contributed by atoms with Crippen LogP contribution in [0, 0.1) is 11.8 Å². The van der Waals surface area contributed by atoms with E-state index in [1.165, 1.54) is 38.5 Å². The molecule has 0 amide bonds. The molecular weight excluding hydrogens is 316 g/mol. The molecule has 26 heavy (non-hydrogen) atoms. The fourth-order valence-electron chi connectivity index (χ4n) is 5.60. The smallest absolute Gasteiger partial charge is 0.0218 e. The molecule has 2 aliphatic heterocycles. The predicted octanol–water partition coefficient (Wildman–Crippen LogP) is 6.22. The number of hydrogen-bond donors (Lipinski definition) is 2. The summed E-state index contributed by atoms with van der Waals surface area (Å²) in [7, 11) is 0. The minimum absolute atomic E-state index is 0.196. The van der Waals surface area contributed by atoms with Gasteiger partial charge in [0.15, 0.2) is 0 Å². The second-order valence-electron chi connectivity index (χ2n) is 10.5. The Morgan fingerprint density at radius 2 is 0.962 bits per heavy atom. The molecule has 2 N–H and O–H groups in total. The molecule has 0 aromatic carbocycles. The fraction of sp³-hybridized carbons (Fsp3) is 0.917. The summed E-state index contributed by atoms with van der Waals surface area (Å²) in [5.41, 5.74) is 4.37. The second kappa shape index (κ2) is 7.24. The van der Waals surface area contributed by atoms with Crippen LogP contribution in [0.3, 0.4) is 0 Å². The highest BCUT2D eigenvalue weighted by Gasteiger charge is 2.49. The summed E-state index contributed by atoms with van der Waals surface area (Å²) in [5, 5.41) is 8.12. The Morgan fingerprint density at radius 1 is 0.654 bits per heavy atom. The van der Waals surface area contributed by atoms with Gasteiger partial charge in [-0.1, -0.05) is 52.7 Å². The van der Waals surface area contributed by atoms with Gasteiger partial charge in [-0.25, -0.2) is 0 Å². The maximum Gasteiger partial charge on any atom is 0.0218 e. The third-order valence-corrected chi connectivity index (χ3v) is 8.73. The lowest BCUT2D eigenvalue weighted by Gasteiger charge is -2.56. The number of piperidine rings is 2. The molecular formula is C24H46N2. The first-order valence-corrected chi connectivity index (χ1v) is 11.2. The first kappa shape index (κ1) is 22.0. The maximum absolute atomic E-state index is 4.06. The van der Waals surface area contributed by atoms with Crippen LogP contribution in [0.2, 0.25) is 0 Å². The molecule has 152 valence electrons. The van der Waals surface area contributed by atoms with E-state index in [9.17, 15) is 0 Å². The van der Waals surface area contributed by atoms with E-state index < -0.39 is 0 Å². The highest BCUT2D eigenvalue weighted by atomic mass is 15.1. The molecule has 6 atom stereocenters. The zero-order valence-electron chi connectivity index (χ0n) is 19.4. The summed E-state index contributed by atoms with van der Waals surface area (Å²) >= 11 is 0. The van der Waals surface area contributed by atoms with Crippen LogP contribution in [0.5, 0.6) is 0 Å². The zero-order chi connectivity index (χ0) is 20.0. The van der Waals surface area contributed by atoms with Crippen LogP contribution in [-0.4, -0.2) is 22.2 Å². The first-order chi connectivity index (χ1) is 11.9. The van der Waals surface area contributed by atoms with Crippen LogP contribution in [0.1, 0.15) is 108 Å². The molecule has 0 radical (unpaired) electrons. The summed E-state index contributed by atoms with van der Waals surface area (Å²) in [6.45, 7) is 24.2. The quantitative estimate of drug-likeness (QED) is 0.580. The highest BCUT2D eigenvalue weighted by Crippen LogP contribution is 2.48. The van der Waals surface area contributed by atoms with E-state index in [4.69, 9.17) is 0 Å². The van der Waals surface area contributed by atoms with Crippen LogP contribution in [0.15, 0.2) is 11.1 Å². The lowest BCUT2D eigenvalue weighted by Crippen LogP contribution is -2.65. The van der Waals surface area contributed by atoms with E-state index in [-0.39, 0.29) is 22.2 Å². The topological polar surface area (TPSA) is 24.1 Å². The van der Waals surface area contributed by atoms with Crippen molar-refractivity contribution in [3.05, 3.63) is 11.1 Å². The molecule has 2 nitrogen and oxygen atoms in total. The van der Waals surface area contributed by atoms with Gasteiger partial charge in [-0.3, -0.25) is 0 Å². The predicted molar refractivity (Wildman–Crippen MR) is 116 cm³/mol. The van der Waals surface area contributed by atoms with Crippen molar-refractivity contribution in [3.63, 3.8) is 0 Å². The average Bonchev–Trinajstić information content (AvgIpc) is 2.61. The lowest BCUT2D eigenvalue weighted by atomic mass is 9.61. The van der Waals surface area contributed by atoms with E-state index in [0.29, 0.717) is 11.8 Å². The van der Waals surface area contributed by atoms with Crippen LogP contribution in [0.25, 0.3) is 0 Å². The van der Waals surface area contributed by atoms with Gasteiger partial charge in [-0.05, 0) is 78.1 Å². The van der Waals surface area contributed by atoms with Crippen molar-refractivity contribution in [2.24, 2.45) is 11.8 Å². The first-order valence-electron chi connectivity index (χ1n) is 11.2. The van der Waals surface area contributed by atoms with Crippen LogP contribution in [0.4, 0.5) is 0 Å². The van der Waals surface area contributed by atoms with Gasteiger partial charge in [0.05, 0.1) is 0 Å². The van der Waals surface area contributed by atoms with E-state index >= 15 is 0 Å². The number of rotatable bonds is 4. The normalized spacial score (nSPS) is 50.1. The van der Waals surface area contributed by atoms with Crippen molar-refractivity contribution in [2.75, 3.05) is 0 Å². The third-order valence-electron chi connectivity index (χ3n) is 8.73. The highest BCUT2D eigenvalue weighted by molar-refractivity contribution is 5.33. The van der Waals surface area contributed by atoms with Gasteiger partial charge < -0.3 is 10.6 Å². The van der Waals surface area contributed by atoms with Crippen molar-refractivity contribution in [1.82, 2.24) is 10.6 Å². The van der Waals surface area contributed by atoms with Gasteiger partial charge in [0.25, 0.3) is 0 Å². The van der Waals surface area contributed by atoms with Crippen molar-refractivity contribution >= 4 is 0 Å². The summed E-state index contributed by atoms with van der Waals surface area (Å²) in [6, 6.07) is 0. The van der Waals surface area contributed by atoms with Crippen molar-refractivity contribution in [2.45, 2.75) is 130 Å². The Bertz CT molecular complexity index is 504. The molecule has 0 aromatic heterocycles. The molecule has 2 aliphatic rings. The van der Waals surface area contributed by atoms with Gasteiger partial charge in [0.1, 0.15) is 0 Å². The number of nitrogens with one attached hydrogen (secondary N) is 2. The second-order valence-corrected chi connectivity index (χ2v) is 10.5. The molecule has 0 bridgehead atoms. The largest absolute Gasteiger partial charge is 0.305 e. The fourth-order valence-corrected chi connectivity index (χ4v) is 5.60. The number of hydrogen-bond acceptors (Lipinski definition) is 2. The molecule has 0 aliphatic carbocycles. The molecule has 2 rings (SSSR count). The zero-order valence-corrected chi connectivity index (χ0v) is 19.4. The van der Waals surface area contributed by atoms with Gasteiger partial charge in [0, 0.05) is 22.2 Å². The van der Waals surface area contributed by atoms with Gasteiger partial charge in [-0.2, -0.15) is 0 Å². The van der Waals surface area contributed by atoms with Gasteiger partial charge in [0.2, 0.25) is 0 Å². The van der Waals surface area contributed by atoms with E-state index in [1.807, 2.05) is 0 Å². The molecule has 0 saturated carbocycles. The molecule has 2 fully saturated rings. The molecule has 0 spiro atoms. The van der Waals surface area contributed by atoms with Crippen LogP contribution < -0.4 is 10.6 Å². The monoisotopic (exact) mass is 362 g/mol. The van der Waals surface area contributed by atoms with Crippen LogP contribution >= 0.6 is 0 Å². The van der Waals surface area contributed by atoms with E-state index in [2.05, 4.69) is 79.9 Å². The minimum atomic E-state index is 0.196. The summed E-state index contributed by atoms with van der Waals surface area (Å²) in [4.78, 5) is 0. The Kier molecular flexibility index (Phi) is 6.12. The summed E-state index contributed by atoms with van der Waals surface area (Å²) < 4.78 is 0. The maximum atomic E-state index is 4.06. The Labute approximate surface area is 164 Å². The van der Waals surface area contributed by atoms with Gasteiger partial charge >= 0.3 is 0 Å². The van der Waals surface area contributed by atoms with Crippen molar-refractivity contribution in [3.8, 4) is 0 Å². The molecule has 6 unspecified atom stereocenters. The van der Waals surface area contributed by atoms with Crippen molar-refractivity contribution in [1.29, 1.82) is 0 Å². The lowest BCUT2D eigenvalue weighted by molar-refractivity contribution is 0.110.